The van der Waals surface area contributed by atoms with Crippen LogP contribution in [0.15, 0.2) is 28.7 Å². The van der Waals surface area contributed by atoms with Gasteiger partial charge in [0.25, 0.3) is 0 Å². The van der Waals surface area contributed by atoms with Crippen LogP contribution in [0.5, 0.6) is 0 Å². The lowest BCUT2D eigenvalue weighted by Crippen LogP contribution is -2.13. The van der Waals surface area contributed by atoms with Crippen LogP contribution in [0.1, 0.15) is 29.5 Å². The molecule has 4 heteroatoms. The summed E-state index contributed by atoms with van der Waals surface area (Å²) in [5.74, 6) is -0.224. The van der Waals surface area contributed by atoms with Gasteiger partial charge < -0.3 is 9.15 Å². The molecule has 0 spiro atoms. The third-order valence-corrected chi connectivity index (χ3v) is 2.97. The summed E-state index contributed by atoms with van der Waals surface area (Å²) in [5.41, 5.74) is 1.55. The molecule has 100 valence electrons. The highest BCUT2D eigenvalue weighted by molar-refractivity contribution is 6.09. The molecule has 0 unspecified atom stereocenters. The zero-order valence-corrected chi connectivity index (χ0v) is 11.1. The number of methoxy groups -OCH3 is 1. The van der Waals surface area contributed by atoms with Crippen molar-refractivity contribution >= 4 is 22.5 Å². The first-order valence-electron chi connectivity index (χ1n) is 6.21. The first kappa shape index (κ1) is 13.5. The highest BCUT2D eigenvalue weighted by atomic mass is 16.5. The Bertz CT molecular complexity index is 610. The molecule has 2 rings (SSSR count). The average molecular weight is 260 g/mol. The van der Waals surface area contributed by atoms with E-state index in [9.17, 15) is 9.59 Å². The molecule has 0 atom stereocenters. The van der Waals surface area contributed by atoms with Crippen LogP contribution in [-0.2, 0) is 16.0 Å². The molecule has 0 amide bonds. The molecule has 2 aromatic rings. The number of aryl methyl sites for hydroxylation is 1. The maximum absolute atomic E-state index is 12.1. The van der Waals surface area contributed by atoms with Gasteiger partial charge in [0.2, 0.25) is 5.78 Å². The van der Waals surface area contributed by atoms with Gasteiger partial charge in [-0.25, -0.2) is 0 Å². The van der Waals surface area contributed by atoms with E-state index >= 15 is 0 Å². The Labute approximate surface area is 111 Å². The number of rotatable bonds is 6. The summed E-state index contributed by atoms with van der Waals surface area (Å²) < 4.78 is 10.3. The van der Waals surface area contributed by atoms with E-state index < -0.39 is 0 Å². The molecule has 0 saturated carbocycles. The zero-order chi connectivity index (χ0) is 13.8. The molecule has 0 aliphatic rings. The Hall–Kier alpha value is -1.94. The lowest BCUT2D eigenvalue weighted by Gasteiger charge is -1.99. The molecule has 0 aliphatic heterocycles. The van der Waals surface area contributed by atoms with Gasteiger partial charge in [0.15, 0.2) is 11.5 Å². The van der Waals surface area contributed by atoms with Crippen LogP contribution in [0.2, 0.25) is 0 Å². The van der Waals surface area contributed by atoms with Crippen molar-refractivity contribution in [2.24, 2.45) is 0 Å². The van der Waals surface area contributed by atoms with Crippen molar-refractivity contribution in [1.82, 2.24) is 0 Å². The topological polar surface area (TPSA) is 56.5 Å². The van der Waals surface area contributed by atoms with Crippen molar-refractivity contribution in [2.75, 3.05) is 13.7 Å². The van der Waals surface area contributed by atoms with Crippen molar-refractivity contribution in [3.05, 3.63) is 35.6 Å². The quantitative estimate of drug-likeness (QED) is 0.592. The van der Waals surface area contributed by atoms with E-state index in [1.54, 1.807) is 0 Å². The first-order chi connectivity index (χ1) is 9.17. The summed E-state index contributed by atoms with van der Waals surface area (Å²) >= 11 is 0. The van der Waals surface area contributed by atoms with Gasteiger partial charge in [0.05, 0.1) is 6.42 Å². The number of ketones is 2. The van der Waals surface area contributed by atoms with E-state index in [2.05, 4.69) is 0 Å². The van der Waals surface area contributed by atoms with Crippen LogP contribution in [0.4, 0.5) is 0 Å². The highest BCUT2D eigenvalue weighted by Gasteiger charge is 2.21. The lowest BCUT2D eigenvalue weighted by atomic mass is 10.0. The molecule has 0 saturated heterocycles. The minimum atomic E-state index is -0.282. The van der Waals surface area contributed by atoms with Gasteiger partial charge in [-0.2, -0.15) is 0 Å². The predicted octanol–water partition coefficient (Wildman–Crippen LogP) is 2.78. The minimum Gasteiger partial charge on any atom is -0.453 e. The third kappa shape index (κ3) is 2.74. The number of benzene rings is 1. The summed E-state index contributed by atoms with van der Waals surface area (Å²) in [4.78, 5) is 23.6. The first-order valence-corrected chi connectivity index (χ1v) is 6.21. The number of furan rings is 1. The third-order valence-electron chi connectivity index (χ3n) is 2.97. The maximum Gasteiger partial charge on any atom is 0.205 e. The average Bonchev–Trinajstić information content (AvgIpc) is 2.77. The Kier molecular flexibility index (Phi) is 4.12. The number of carbonyl (C=O) groups excluding carboxylic acids is 2. The number of carbonyl (C=O) groups is 2. The molecule has 0 N–H and O–H groups in total. The second kappa shape index (κ2) is 5.80. The molecule has 0 radical (unpaired) electrons. The molecule has 0 bridgehead atoms. The van der Waals surface area contributed by atoms with E-state index in [4.69, 9.17) is 9.15 Å². The molecule has 1 aromatic carbocycles. The van der Waals surface area contributed by atoms with Crippen LogP contribution in [-0.4, -0.2) is 25.3 Å². The lowest BCUT2D eigenvalue weighted by molar-refractivity contribution is -0.121. The molecule has 0 aliphatic carbocycles. The maximum atomic E-state index is 12.1. The second-order valence-electron chi connectivity index (χ2n) is 4.33. The Balaban J connectivity index is 2.33. The van der Waals surface area contributed by atoms with Crippen LogP contribution in [0, 0.1) is 0 Å². The van der Waals surface area contributed by atoms with Crippen LogP contribution < -0.4 is 0 Å². The van der Waals surface area contributed by atoms with E-state index in [0.29, 0.717) is 17.8 Å². The van der Waals surface area contributed by atoms with Crippen LogP contribution in [0.3, 0.4) is 0 Å². The van der Waals surface area contributed by atoms with Crippen molar-refractivity contribution < 1.29 is 18.7 Å². The molecule has 19 heavy (non-hydrogen) atoms. The number of fused-ring (bicyclic) bond motifs is 1. The Morgan fingerprint density at radius 1 is 1.26 bits per heavy atom. The summed E-state index contributed by atoms with van der Waals surface area (Å²) in [7, 11) is 1.43. The normalized spacial score (nSPS) is 10.8. The standard InChI is InChI=1S/C15H16O4/c1-3-11-12-6-4-5-7-14(12)19-15(11)13(17)8-10(16)9-18-2/h4-7H,3,8-9H2,1-2H3. The summed E-state index contributed by atoms with van der Waals surface area (Å²) in [6.45, 7) is 1.92. The van der Waals surface area contributed by atoms with Gasteiger partial charge in [-0.3, -0.25) is 9.59 Å². The fourth-order valence-corrected chi connectivity index (χ4v) is 2.15. The molecular weight excluding hydrogens is 244 g/mol. The van der Waals surface area contributed by atoms with E-state index in [1.165, 1.54) is 7.11 Å². The summed E-state index contributed by atoms with van der Waals surface area (Å²) in [6, 6.07) is 7.50. The molecule has 4 nitrogen and oxygen atoms in total. The van der Waals surface area contributed by atoms with Gasteiger partial charge in [0.1, 0.15) is 12.2 Å². The smallest absolute Gasteiger partial charge is 0.205 e. The van der Waals surface area contributed by atoms with Crippen LogP contribution in [0.25, 0.3) is 11.0 Å². The zero-order valence-electron chi connectivity index (χ0n) is 11.1. The van der Waals surface area contributed by atoms with Crippen molar-refractivity contribution in [2.45, 2.75) is 19.8 Å². The Morgan fingerprint density at radius 2 is 2.00 bits per heavy atom. The van der Waals surface area contributed by atoms with Gasteiger partial charge >= 0.3 is 0 Å². The van der Waals surface area contributed by atoms with E-state index in [-0.39, 0.29) is 24.6 Å². The van der Waals surface area contributed by atoms with Crippen molar-refractivity contribution in [1.29, 1.82) is 0 Å². The van der Waals surface area contributed by atoms with E-state index in [0.717, 1.165) is 10.9 Å². The largest absolute Gasteiger partial charge is 0.453 e. The number of ether oxygens (including phenoxy) is 1. The van der Waals surface area contributed by atoms with Gasteiger partial charge in [-0.1, -0.05) is 25.1 Å². The van der Waals surface area contributed by atoms with Crippen LogP contribution >= 0.6 is 0 Å². The minimum absolute atomic E-state index is 0.0482. The molecular formula is C15H16O4. The second-order valence-corrected chi connectivity index (χ2v) is 4.33. The highest BCUT2D eigenvalue weighted by Crippen LogP contribution is 2.27. The fourth-order valence-electron chi connectivity index (χ4n) is 2.15. The van der Waals surface area contributed by atoms with Crippen molar-refractivity contribution in [3.63, 3.8) is 0 Å². The SMILES string of the molecule is CCc1c(C(=O)CC(=O)COC)oc2ccccc12. The fraction of sp³-hybridized carbons (Fsp3) is 0.333. The van der Waals surface area contributed by atoms with Gasteiger partial charge in [0, 0.05) is 18.1 Å². The monoisotopic (exact) mass is 260 g/mol. The number of Topliss-reactive ketones (excluding diaryl/α,β-unsaturated/α-hetero) is 2. The summed E-state index contributed by atoms with van der Waals surface area (Å²) in [5, 5.41) is 0.938. The number of para-hydroxylation sites is 1. The number of hydrogen-bond acceptors (Lipinski definition) is 4. The number of hydrogen-bond donors (Lipinski definition) is 0. The molecule has 0 fully saturated rings. The molecule has 1 heterocycles. The van der Waals surface area contributed by atoms with Crippen molar-refractivity contribution in [3.8, 4) is 0 Å². The summed E-state index contributed by atoms with van der Waals surface area (Å²) in [6.07, 6.45) is 0.511. The predicted molar refractivity (Wildman–Crippen MR) is 71.4 cm³/mol. The van der Waals surface area contributed by atoms with Gasteiger partial charge in [-0.15, -0.1) is 0 Å². The van der Waals surface area contributed by atoms with Gasteiger partial charge in [-0.05, 0) is 12.5 Å². The van der Waals surface area contributed by atoms with E-state index in [1.807, 2.05) is 31.2 Å². The molecule has 1 aromatic heterocycles. The Morgan fingerprint density at radius 3 is 2.68 bits per heavy atom.